The topological polar surface area (TPSA) is 75.4 Å². The van der Waals surface area contributed by atoms with Crippen molar-refractivity contribution in [1.82, 2.24) is 10.2 Å². The molecule has 1 saturated heterocycles. The highest BCUT2D eigenvalue weighted by atomic mass is 35.5. The number of carbonyl (C=O) groups excluding carboxylic acids is 2. The molecule has 2 rings (SSSR count). The van der Waals surface area contributed by atoms with E-state index in [1.807, 2.05) is 49.9 Å². The van der Waals surface area contributed by atoms with Crippen LogP contribution in [-0.4, -0.2) is 47.6 Å². The van der Waals surface area contributed by atoms with Crippen LogP contribution in [-0.2, 0) is 4.79 Å². The van der Waals surface area contributed by atoms with Gasteiger partial charge >= 0.3 is 0 Å². The van der Waals surface area contributed by atoms with E-state index in [0.717, 1.165) is 30.8 Å². The van der Waals surface area contributed by atoms with Crippen molar-refractivity contribution in [2.24, 2.45) is 11.7 Å². The number of carbonyl (C=O) groups is 2. The smallest absolute Gasteiger partial charge is 0.254 e. The van der Waals surface area contributed by atoms with Crippen LogP contribution in [0, 0.1) is 5.92 Å². The summed E-state index contributed by atoms with van der Waals surface area (Å²) in [4.78, 5) is 27.5. The fourth-order valence-corrected chi connectivity index (χ4v) is 3.93. The van der Waals surface area contributed by atoms with Crippen molar-refractivity contribution in [3.05, 3.63) is 29.8 Å². The minimum absolute atomic E-state index is 0. The van der Waals surface area contributed by atoms with Gasteiger partial charge in [0.25, 0.3) is 5.91 Å². The third-order valence-electron chi connectivity index (χ3n) is 4.50. The van der Waals surface area contributed by atoms with Crippen molar-refractivity contribution < 1.29 is 9.59 Å². The highest BCUT2D eigenvalue weighted by Gasteiger charge is 2.26. The van der Waals surface area contributed by atoms with Gasteiger partial charge in [0.05, 0.1) is 11.3 Å². The predicted octanol–water partition coefficient (Wildman–Crippen LogP) is 2.92. The highest BCUT2D eigenvalue weighted by Crippen LogP contribution is 2.26. The summed E-state index contributed by atoms with van der Waals surface area (Å²) in [7, 11) is 0. The molecule has 1 aliphatic heterocycles. The molecule has 0 bridgehead atoms. The first-order valence-electron chi connectivity index (χ1n) is 8.94. The van der Waals surface area contributed by atoms with Gasteiger partial charge in [-0.15, -0.1) is 24.2 Å². The molecule has 1 aliphatic rings. The van der Waals surface area contributed by atoms with Gasteiger partial charge in [-0.05, 0) is 51.7 Å². The SMILES string of the molecule is CC(C)NC(=O)CSc1ccccc1C(=O)N1CCC(C(C)N)CC1.Cl. The second kappa shape index (κ2) is 10.8. The molecule has 26 heavy (non-hydrogen) atoms. The third-order valence-corrected chi connectivity index (χ3v) is 5.57. The number of rotatable bonds is 6. The molecule has 1 aromatic carbocycles. The van der Waals surface area contributed by atoms with Gasteiger partial charge in [-0.3, -0.25) is 9.59 Å². The lowest BCUT2D eigenvalue weighted by Crippen LogP contribution is -2.42. The highest BCUT2D eigenvalue weighted by molar-refractivity contribution is 8.00. The normalized spacial score (nSPS) is 16.1. The van der Waals surface area contributed by atoms with E-state index >= 15 is 0 Å². The average Bonchev–Trinajstić information content (AvgIpc) is 2.59. The molecule has 0 spiro atoms. The van der Waals surface area contributed by atoms with Crippen LogP contribution in [0.25, 0.3) is 0 Å². The number of nitrogens with zero attached hydrogens (tertiary/aromatic N) is 1. The fraction of sp³-hybridized carbons (Fsp3) is 0.579. The summed E-state index contributed by atoms with van der Waals surface area (Å²) in [6, 6.07) is 7.84. The number of hydrogen-bond acceptors (Lipinski definition) is 4. The van der Waals surface area contributed by atoms with E-state index in [9.17, 15) is 9.59 Å². The maximum absolute atomic E-state index is 12.9. The lowest BCUT2D eigenvalue weighted by Gasteiger charge is -2.34. The van der Waals surface area contributed by atoms with Crippen molar-refractivity contribution in [1.29, 1.82) is 0 Å². The maximum atomic E-state index is 12.9. The molecule has 0 aromatic heterocycles. The minimum atomic E-state index is -0.0139. The van der Waals surface area contributed by atoms with Crippen LogP contribution in [0.3, 0.4) is 0 Å². The number of nitrogens with two attached hydrogens (primary N) is 1. The van der Waals surface area contributed by atoms with Crippen LogP contribution in [0.4, 0.5) is 0 Å². The Morgan fingerprint density at radius 2 is 1.85 bits per heavy atom. The van der Waals surface area contributed by atoms with Crippen LogP contribution in [0.15, 0.2) is 29.2 Å². The number of amides is 2. The van der Waals surface area contributed by atoms with E-state index in [1.165, 1.54) is 11.8 Å². The Bertz CT molecular complexity index is 602. The van der Waals surface area contributed by atoms with Gasteiger partial charge in [-0.2, -0.15) is 0 Å². The molecule has 1 heterocycles. The Hall–Kier alpha value is -1.24. The van der Waals surface area contributed by atoms with Gasteiger partial charge in [0.15, 0.2) is 0 Å². The molecule has 1 unspecified atom stereocenters. The Kier molecular flexibility index (Phi) is 9.47. The van der Waals surface area contributed by atoms with Crippen LogP contribution in [0.2, 0.25) is 0 Å². The Morgan fingerprint density at radius 3 is 2.42 bits per heavy atom. The molecule has 146 valence electrons. The summed E-state index contributed by atoms with van der Waals surface area (Å²) in [6.45, 7) is 7.41. The third kappa shape index (κ3) is 6.49. The summed E-state index contributed by atoms with van der Waals surface area (Å²) in [5, 5.41) is 2.87. The lowest BCUT2D eigenvalue weighted by molar-refractivity contribution is -0.119. The quantitative estimate of drug-likeness (QED) is 0.721. The lowest BCUT2D eigenvalue weighted by atomic mass is 9.90. The second-order valence-corrected chi connectivity index (χ2v) is 8.01. The van der Waals surface area contributed by atoms with Crippen molar-refractivity contribution in [2.75, 3.05) is 18.8 Å². The van der Waals surface area contributed by atoms with Crippen molar-refractivity contribution in [2.45, 2.75) is 50.6 Å². The molecule has 1 atom stereocenters. The Morgan fingerprint density at radius 1 is 1.23 bits per heavy atom. The standard InChI is InChI=1S/C19H29N3O2S.ClH/c1-13(2)21-18(23)12-25-17-7-5-4-6-16(17)19(24)22-10-8-15(9-11-22)14(3)20;/h4-7,13-15H,8-12,20H2,1-3H3,(H,21,23);1H. The van der Waals surface area contributed by atoms with E-state index in [2.05, 4.69) is 5.32 Å². The number of thioether (sulfide) groups is 1. The molecule has 2 amide bonds. The zero-order chi connectivity index (χ0) is 18.4. The average molecular weight is 400 g/mol. The fourth-order valence-electron chi connectivity index (χ4n) is 3.07. The summed E-state index contributed by atoms with van der Waals surface area (Å²) in [6.07, 6.45) is 1.91. The van der Waals surface area contributed by atoms with E-state index in [0.29, 0.717) is 17.2 Å². The number of benzene rings is 1. The molecule has 1 aromatic rings. The van der Waals surface area contributed by atoms with Gasteiger partial charge in [0, 0.05) is 30.1 Å². The summed E-state index contributed by atoms with van der Waals surface area (Å²) < 4.78 is 0. The molecule has 7 heteroatoms. The van der Waals surface area contributed by atoms with Gasteiger partial charge in [0.2, 0.25) is 5.91 Å². The van der Waals surface area contributed by atoms with E-state index in [4.69, 9.17) is 5.73 Å². The second-order valence-electron chi connectivity index (χ2n) is 7.00. The van der Waals surface area contributed by atoms with Gasteiger partial charge in [-0.1, -0.05) is 12.1 Å². The Labute approximate surface area is 166 Å². The number of piperidine rings is 1. The van der Waals surface area contributed by atoms with Crippen LogP contribution >= 0.6 is 24.2 Å². The van der Waals surface area contributed by atoms with Crippen molar-refractivity contribution in [3.8, 4) is 0 Å². The largest absolute Gasteiger partial charge is 0.353 e. The molecule has 0 radical (unpaired) electrons. The molecule has 5 nitrogen and oxygen atoms in total. The van der Waals surface area contributed by atoms with E-state index in [1.54, 1.807) is 0 Å². The number of halogens is 1. The number of likely N-dealkylation sites (tertiary alicyclic amines) is 1. The number of nitrogens with one attached hydrogen (secondary N) is 1. The molecular formula is C19H30ClN3O2S. The van der Waals surface area contributed by atoms with E-state index in [-0.39, 0.29) is 36.3 Å². The summed E-state index contributed by atoms with van der Waals surface area (Å²) in [5.74, 6) is 0.846. The predicted molar refractivity (Wildman–Crippen MR) is 110 cm³/mol. The monoisotopic (exact) mass is 399 g/mol. The van der Waals surface area contributed by atoms with Crippen molar-refractivity contribution >= 4 is 36.0 Å². The maximum Gasteiger partial charge on any atom is 0.254 e. The number of hydrogen-bond donors (Lipinski definition) is 2. The minimum Gasteiger partial charge on any atom is -0.353 e. The zero-order valence-electron chi connectivity index (χ0n) is 15.7. The first-order chi connectivity index (χ1) is 11.9. The molecular weight excluding hydrogens is 370 g/mol. The van der Waals surface area contributed by atoms with Crippen LogP contribution in [0.5, 0.6) is 0 Å². The molecule has 3 N–H and O–H groups in total. The summed E-state index contributed by atoms with van der Waals surface area (Å²) >= 11 is 1.42. The van der Waals surface area contributed by atoms with Crippen molar-refractivity contribution in [3.63, 3.8) is 0 Å². The van der Waals surface area contributed by atoms with E-state index < -0.39 is 0 Å². The molecule has 0 saturated carbocycles. The van der Waals surface area contributed by atoms with Gasteiger partial charge < -0.3 is 16.0 Å². The first kappa shape index (κ1) is 22.8. The molecule has 0 aliphatic carbocycles. The first-order valence-corrected chi connectivity index (χ1v) is 9.93. The van der Waals surface area contributed by atoms with Gasteiger partial charge in [0.1, 0.15) is 0 Å². The molecule has 1 fully saturated rings. The summed E-state index contributed by atoms with van der Waals surface area (Å²) in [5.41, 5.74) is 6.67. The van der Waals surface area contributed by atoms with Crippen LogP contribution in [0.1, 0.15) is 44.0 Å². The van der Waals surface area contributed by atoms with Crippen LogP contribution < -0.4 is 11.1 Å². The zero-order valence-corrected chi connectivity index (χ0v) is 17.4. The van der Waals surface area contributed by atoms with Gasteiger partial charge in [-0.25, -0.2) is 0 Å². The Balaban J connectivity index is 0.00000338.